The van der Waals surface area contributed by atoms with E-state index in [1.165, 1.54) is 5.56 Å². The number of carbonyl (C=O) groups excluding carboxylic acids is 2. The van der Waals surface area contributed by atoms with E-state index in [1.807, 2.05) is 24.3 Å². The zero-order valence-electron chi connectivity index (χ0n) is 15.9. The summed E-state index contributed by atoms with van der Waals surface area (Å²) in [6, 6.07) is 8.05. The van der Waals surface area contributed by atoms with Crippen LogP contribution in [0.2, 0.25) is 0 Å². The number of carbonyl (C=O) groups is 2. The first-order valence-corrected chi connectivity index (χ1v) is 9.67. The molecular weight excluding hydrogens is 328 g/mol. The van der Waals surface area contributed by atoms with Crippen LogP contribution in [0.4, 0.5) is 5.69 Å². The number of nitrogens with one attached hydrogen (secondary N) is 1. The maximum atomic E-state index is 12.7. The highest BCUT2D eigenvalue weighted by molar-refractivity contribution is 6.09. The average Bonchev–Trinajstić information content (AvgIpc) is 3.05. The molecule has 1 atom stereocenters. The van der Waals surface area contributed by atoms with Gasteiger partial charge in [0.1, 0.15) is 5.92 Å². The van der Waals surface area contributed by atoms with E-state index in [0.29, 0.717) is 19.5 Å². The second kappa shape index (κ2) is 8.64. The summed E-state index contributed by atoms with van der Waals surface area (Å²) in [5, 5.41) is 2.96. The highest BCUT2D eigenvalue weighted by Crippen LogP contribution is 2.25. The van der Waals surface area contributed by atoms with Gasteiger partial charge in [-0.25, -0.2) is 0 Å². The van der Waals surface area contributed by atoms with Crippen molar-refractivity contribution in [3.8, 4) is 0 Å². The Morgan fingerprint density at radius 3 is 2.46 bits per heavy atom. The Morgan fingerprint density at radius 2 is 1.81 bits per heavy atom. The number of hydrogen-bond donors (Lipinski definition) is 1. The number of amides is 2. The van der Waals surface area contributed by atoms with Crippen molar-refractivity contribution < 1.29 is 9.59 Å². The van der Waals surface area contributed by atoms with Crippen molar-refractivity contribution >= 4 is 17.5 Å². The molecule has 2 aliphatic rings. The van der Waals surface area contributed by atoms with Gasteiger partial charge in [-0.1, -0.05) is 19.1 Å². The second-order valence-corrected chi connectivity index (χ2v) is 7.29. The van der Waals surface area contributed by atoms with Crippen LogP contribution in [-0.2, 0) is 16.0 Å². The maximum absolute atomic E-state index is 12.7. The van der Waals surface area contributed by atoms with Crippen molar-refractivity contribution in [2.75, 3.05) is 57.8 Å². The van der Waals surface area contributed by atoms with E-state index in [1.54, 1.807) is 4.90 Å². The molecule has 2 saturated heterocycles. The van der Waals surface area contributed by atoms with Gasteiger partial charge in [0, 0.05) is 51.5 Å². The molecule has 1 N–H and O–H groups in total. The fourth-order valence-electron chi connectivity index (χ4n) is 3.62. The normalized spacial score (nSPS) is 22.0. The van der Waals surface area contributed by atoms with E-state index < -0.39 is 5.92 Å². The third kappa shape index (κ3) is 4.43. The van der Waals surface area contributed by atoms with Crippen LogP contribution >= 0.6 is 0 Å². The summed E-state index contributed by atoms with van der Waals surface area (Å²) in [5.74, 6) is -0.753. The molecule has 2 amide bonds. The first-order valence-electron chi connectivity index (χ1n) is 9.67. The van der Waals surface area contributed by atoms with E-state index in [9.17, 15) is 9.59 Å². The predicted molar refractivity (Wildman–Crippen MR) is 103 cm³/mol. The van der Waals surface area contributed by atoms with E-state index >= 15 is 0 Å². The van der Waals surface area contributed by atoms with Crippen molar-refractivity contribution in [3.63, 3.8) is 0 Å². The number of anilines is 1. The van der Waals surface area contributed by atoms with Crippen LogP contribution in [0.15, 0.2) is 24.3 Å². The van der Waals surface area contributed by atoms with Gasteiger partial charge in [0.25, 0.3) is 0 Å². The predicted octanol–water partition coefficient (Wildman–Crippen LogP) is 0.966. The standard InChI is InChI=1S/C20H30N4O2/c1-3-16-4-6-17(7-5-16)24-10-8-18(20(24)26)19(25)21-9-11-23-14-12-22(2)13-15-23/h4-7,18H,3,8-15H2,1-2H3,(H,21,25)/t18-/m1/s1. The smallest absolute Gasteiger partial charge is 0.239 e. The Labute approximate surface area is 156 Å². The Hall–Kier alpha value is -1.92. The lowest BCUT2D eigenvalue weighted by atomic mass is 10.1. The maximum Gasteiger partial charge on any atom is 0.239 e. The molecule has 2 heterocycles. The summed E-state index contributed by atoms with van der Waals surface area (Å²) in [4.78, 5) is 31.5. The topological polar surface area (TPSA) is 55.9 Å². The summed E-state index contributed by atoms with van der Waals surface area (Å²) < 4.78 is 0. The quantitative estimate of drug-likeness (QED) is 0.770. The Balaban J connectivity index is 1.47. The zero-order chi connectivity index (χ0) is 18.5. The molecule has 0 aliphatic carbocycles. The summed E-state index contributed by atoms with van der Waals surface area (Å²) in [5.41, 5.74) is 2.14. The van der Waals surface area contributed by atoms with E-state index in [2.05, 4.69) is 29.1 Å². The average molecular weight is 358 g/mol. The summed E-state index contributed by atoms with van der Waals surface area (Å²) in [6.45, 7) is 8.40. The third-order valence-corrected chi connectivity index (χ3v) is 5.50. The minimum absolute atomic E-state index is 0.0775. The first kappa shape index (κ1) is 18.9. The summed E-state index contributed by atoms with van der Waals surface area (Å²) in [6.07, 6.45) is 1.57. The van der Waals surface area contributed by atoms with Gasteiger partial charge in [0.2, 0.25) is 11.8 Å². The van der Waals surface area contributed by atoms with Crippen LogP contribution in [0.3, 0.4) is 0 Å². The van der Waals surface area contributed by atoms with E-state index in [-0.39, 0.29) is 11.8 Å². The lowest BCUT2D eigenvalue weighted by molar-refractivity contribution is -0.132. The number of nitrogens with zero attached hydrogens (tertiary/aromatic N) is 3. The molecule has 0 spiro atoms. The van der Waals surface area contributed by atoms with Crippen LogP contribution in [0.5, 0.6) is 0 Å². The first-order chi connectivity index (χ1) is 12.6. The number of benzene rings is 1. The van der Waals surface area contributed by atoms with Crippen molar-refractivity contribution in [1.29, 1.82) is 0 Å². The molecule has 0 saturated carbocycles. The monoisotopic (exact) mass is 358 g/mol. The molecule has 26 heavy (non-hydrogen) atoms. The minimum Gasteiger partial charge on any atom is -0.354 e. The number of aryl methyl sites for hydroxylation is 1. The van der Waals surface area contributed by atoms with E-state index in [4.69, 9.17) is 0 Å². The highest BCUT2D eigenvalue weighted by Gasteiger charge is 2.37. The molecule has 1 aromatic carbocycles. The largest absolute Gasteiger partial charge is 0.354 e. The van der Waals surface area contributed by atoms with Crippen molar-refractivity contribution in [2.24, 2.45) is 5.92 Å². The van der Waals surface area contributed by atoms with Crippen LogP contribution in [0.1, 0.15) is 18.9 Å². The SMILES string of the molecule is CCc1ccc(N2CC[C@H](C(=O)NCCN3CCN(C)CC3)C2=O)cc1. The van der Waals surface area contributed by atoms with Gasteiger partial charge in [-0.3, -0.25) is 14.5 Å². The number of likely N-dealkylation sites (N-methyl/N-ethyl adjacent to an activating group) is 1. The lowest BCUT2D eigenvalue weighted by Gasteiger charge is -2.32. The Kier molecular flexibility index (Phi) is 6.27. The van der Waals surface area contributed by atoms with Crippen LogP contribution in [0.25, 0.3) is 0 Å². The molecule has 142 valence electrons. The fourth-order valence-corrected chi connectivity index (χ4v) is 3.62. The lowest BCUT2D eigenvalue weighted by Crippen LogP contribution is -2.47. The molecule has 2 aliphatic heterocycles. The van der Waals surface area contributed by atoms with Crippen LogP contribution < -0.4 is 10.2 Å². The van der Waals surface area contributed by atoms with Gasteiger partial charge in [-0.2, -0.15) is 0 Å². The molecule has 6 nitrogen and oxygen atoms in total. The van der Waals surface area contributed by atoms with Gasteiger partial charge in [0.05, 0.1) is 0 Å². The molecule has 1 aromatic rings. The minimum atomic E-state index is -0.548. The van der Waals surface area contributed by atoms with E-state index in [0.717, 1.165) is 44.8 Å². The fraction of sp³-hybridized carbons (Fsp3) is 0.600. The molecule has 3 rings (SSSR count). The van der Waals surface area contributed by atoms with Crippen LogP contribution in [0, 0.1) is 5.92 Å². The number of piperazine rings is 1. The van der Waals surface area contributed by atoms with Crippen molar-refractivity contribution in [3.05, 3.63) is 29.8 Å². The summed E-state index contributed by atoms with van der Waals surface area (Å²) in [7, 11) is 2.13. The van der Waals surface area contributed by atoms with Gasteiger partial charge < -0.3 is 15.1 Å². The third-order valence-electron chi connectivity index (χ3n) is 5.50. The Bertz CT molecular complexity index is 623. The Morgan fingerprint density at radius 1 is 1.12 bits per heavy atom. The number of hydrogen-bond acceptors (Lipinski definition) is 4. The molecule has 2 fully saturated rings. The highest BCUT2D eigenvalue weighted by atomic mass is 16.2. The van der Waals surface area contributed by atoms with Gasteiger partial charge in [-0.05, 0) is 37.6 Å². The van der Waals surface area contributed by atoms with Gasteiger partial charge in [-0.15, -0.1) is 0 Å². The molecule has 0 unspecified atom stereocenters. The van der Waals surface area contributed by atoms with Crippen molar-refractivity contribution in [1.82, 2.24) is 15.1 Å². The molecule has 0 radical (unpaired) electrons. The number of rotatable bonds is 6. The van der Waals surface area contributed by atoms with Gasteiger partial charge >= 0.3 is 0 Å². The summed E-state index contributed by atoms with van der Waals surface area (Å²) >= 11 is 0. The second-order valence-electron chi connectivity index (χ2n) is 7.29. The van der Waals surface area contributed by atoms with Crippen molar-refractivity contribution in [2.45, 2.75) is 19.8 Å². The molecular formula is C20H30N4O2. The molecule has 0 bridgehead atoms. The van der Waals surface area contributed by atoms with Crippen LogP contribution in [-0.4, -0.2) is 74.5 Å². The van der Waals surface area contributed by atoms with Gasteiger partial charge in [0.15, 0.2) is 0 Å². The zero-order valence-corrected chi connectivity index (χ0v) is 15.9. The molecule has 0 aromatic heterocycles. The molecule has 6 heteroatoms.